The van der Waals surface area contributed by atoms with E-state index >= 15 is 0 Å². The molecule has 0 fully saturated rings. The second kappa shape index (κ2) is 2.27. The minimum Gasteiger partial charge on any atom is -0.324 e. The molecule has 1 heterocycles. The lowest BCUT2D eigenvalue weighted by Gasteiger charge is -1.92. The van der Waals surface area contributed by atoms with Crippen molar-refractivity contribution in [2.75, 3.05) is 5.43 Å². The third kappa shape index (κ3) is 1.06. The van der Waals surface area contributed by atoms with Crippen molar-refractivity contribution in [1.29, 1.82) is 0 Å². The van der Waals surface area contributed by atoms with Crippen molar-refractivity contribution < 1.29 is 0 Å². The zero-order valence-corrected chi connectivity index (χ0v) is 4.59. The molecule has 9 heavy (non-hydrogen) atoms. The molecule has 0 aromatic carbocycles. The molecule has 0 bridgehead atoms. The first-order valence-corrected chi connectivity index (χ1v) is 2.35. The molecule has 1 rings (SSSR count). The molecule has 0 radical (unpaired) electrons. The standard InChI is InChI=1S/C4H6N4O/c5-8-3-4(9)7-2-1-6-3/h1-2H,5H2,(H,6,8)(H,7,9). The molecule has 0 amide bonds. The number of aromatic nitrogens is 2. The third-order valence-electron chi connectivity index (χ3n) is 0.844. The van der Waals surface area contributed by atoms with Crippen molar-refractivity contribution in [3.05, 3.63) is 22.7 Å². The van der Waals surface area contributed by atoms with Gasteiger partial charge in [-0.2, -0.15) is 0 Å². The molecule has 0 unspecified atom stereocenters. The summed E-state index contributed by atoms with van der Waals surface area (Å²) in [6.07, 6.45) is 2.87. The maximum Gasteiger partial charge on any atom is 0.292 e. The van der Waals surface area contributed by atoms with Crippen LogP contribution in [0.3, 0.4) is 0 Å². The fraction of sp³-hybridized carbons (Fsp3) is 0. The molecule has 5 heteroatoms. The van der Waals surface area contributed by atoms with Gasteiger partial charge in [0, 0.05) is 12.4 Å². The van der Waals surface area contributed by atoms with E-state index in [0.29, 0.717) is 0 Å². The largest absolute Gasteiger partial charge is 0.324 e. The van der Waals surface area contributed by atoms with E-state index in [4.69, 9.17) is 5.84 Å². The lowest BCUT2D eigenvalue weighted by atomic mass is 10.7. The zero-order valence-electron chi connectivity index (χ0n) is 4.59. The Bertz CT molecular complexity index is 242. The molecule has 0 aliphatic rings. The summed E-state index contributed by atoms with van der Waals surface area (Å²) < 4.78 is 0. The van der Waals surface area contributed by atoms with Crippen LogP contribution in [0.2, 0.25) is 0 Å². The predicted octanol–water partition coefficient (Wildman–Crippen LogP) is -0.945. The molecular formula is C4H6N4O. The highest BCUT2D eigenvalue weighted by Gasteiger charge is 1.91. The van der Waals surface area contributed by atoms with Crippen molar-refractivity contribution in [2.24, 2.45) is 5.84 Å². The highest BCUT2D eigenvalue weighted by molar-refractivity contribution is 5.27. The van der Waals surface area contributed by atoms with Crippen LogP contribution in [0.5, 0.6) is 0 Å². The summed E-state index contributed by atoms with van der Waals surface area (Å²) in [5.41, 5.74) is 1.82. The average molecular weight is 126 g/mol. The molecule has 0 spiro atoms. The Hall–Kier alpha value is -1.36. The number of rotatable bonds is 1. The maximum atomic E-state index is 10.6. The number of hydrogen-bond donors (Lipinski definition) is 3. The smallest absolute Gasteiger partial charge is 0.292 e. The molecule has 0 atom stereocenters. The number of nitrogens with two attached hydrogens (primary N) is 1. The van der Waals surface area contributed by atoms with Gasteiger partial charge in [0.1, 0.15) is 0 Å². The molecule has 1 aromatic heterocycles. The normalized spacial score (nSPS) is 9.00. The van der Waals surface area contributed by atoms with Crippen LogP contribution in [0.4, 0.5) is 5.82 Å². The Kier molecular flexibility index (Phi) is 1.46. The van der Waals surface area contributed by atoms with Crippen molar-refractivity contribution in [3.63, 3.8) is 0 Å². The Balaban J connectivity index is 3.16. The summed E-state index contributed by atoms with van der Waals surface area (Å²) in [7, 11) is 0. The molecular weight excluding hydrogens is 120 g/mol. The van der Waals surface area contributed by atoms with Gasteiger partial charge in [-0.05, 0) is 0 Å². The maximum absolute atomic E-state index is 10.6. The molecule has 5 nitrogen and oxygen atoms in total. The van der Waals surface area contributed by atoms with E-state index in [0.717, 1.165) is 0 Å². The number of nitrogen functional groups attached to an aromatic ring is 1. The van der Waals surface area contributed by atoms with Gasteiger partial charge in [0.05, 0.1) is 0 Å². The van der Waals surface area contributed by atoms with Gasteiger partial charge in [0.2, 0.25) is 5.82 Å². The molecule has 48 valence electrons. The van der Waals surface area contributed by atoms with Crippen molar-refractivity contribution in [3.8, 4) is 0 Å². The second-order valence-electron chi connectivity index (χ2n) is 1.41. The van der Waals surface area contributed by atoms with E-state index in [9.17, 15) is 4.79 Å². The first-order valence-electron chi connectivity index (χ1n) is 2.35. The van der Waals surface area contributed by atoms with E-state index < -0.39 is 0 Å². The monoisotopic (exact) mass is 126 g/mol. The number of anilines is 1. The number of aromatic amines is 1. The van der Waals surface area contributed by atoms with Gasteiger partial charge >= 0.3 is 0 Å². The van der Waals surface area contributed by atoms with Gasteiger partial charge in [-0.25, -0.2) is 10.8 Å². The lowest BCUT2D eigenvalue weighted by Crippen LogP contribution is -2.19. The summed E-state index contributed by atoms with van der Waals surface area (Å²) in [5, 5.41) is 0. The topological polar surface area (TPSA) is 83.8 Å². The summed E-state index contributed by atoms with van der Waals surface area (Å²) >= 11 is 0. The Morgan fingerprint density at radius 3 is 3.00 bits per heavy atom. The highest BCUT2D eigenvalue weighted by Crippen LogP contribution is 1.82. The van der Waals surface area contributed by atoms with Gasteiger partial charge < -0.3 is 10.4 Å². The van der Waals surface area contributed by atoms with E-state index in [1.165, 1.54) is 12.4 Å². The Morgan fingerprint density at radius 1 is 1.78 bits per heavy atom. The van der Waals surface area contributed by atoms with E-state index in [2.05, 4.69) is 15.4 Å². The second-order valence-corrected chi connectivity index (χ2v) is 1.41. The van der Waals surface area contributed by atoms with E-state index in [1.54, 1.807) is 0 Å². The molecule has 0 aliphatic carbocycles. The van der Waals surface area contributed by atoms with Crippen LogP contribution in [0.15, 0.2) is 17.2 Å². The van der Waals surface area contributed by atoms with Gasteiger partial charge in [0.15, 0.2) is 0 Å². The van der Waals surface area contributed by atoms with Crippen LogP contribution in [-0.4, -0.2) is 9.97 Å². The van der Waals surface area contributed by atoms with Crippen molar-refractivity contribution in [2.45, 2.75) is 0 Å². The zero-order chi connectivity index (χ0) is 6.69. The molecule has 0 saturated heterocycles. The third-order valence-corrected chi connectivity index (χ3v) is 0.844. The fourth-order valence-corrected chi connectivity index (χ4v) is 0.455. The first kappa shape index (κ1) is 5.77. The van der Waals surface area contributed by atoms with Crippen molar-refractivity contribution >= 4 is 5.82 Å². The predicted molar refractivity (Wildman–Crippen MR) is 32.7 cm³/mol. The SMILES string of the molecule is NNc1ncc[nH]c1=O. The molecule has 4 N–H and O–H groups in total. The van der Waals surface area contributed by atoms with E-state index in [1.807, 2.05) is 0 Å². The molecule has 1 aromatic rings. The fourth-order valence-electron chi connectivity index (χ4n) is 0.455. The van der Waals surface area contributed by atoms with Crippen LogP contribution in [0, 0.1) is 0 Å². The van der Waals surface area contributed by atoms with Crippen LogP contribution >= 0.6 is 0 Å². The van der Waals surface area contributed by atoms with Crippen LogP contribution in [0.1, 0.15) is 0 Å². The van der Waals surface area contributed by atoms with E-state index in [-0.39, 0.29) is 11.4 Å². The minimum atomic E-state index is -0.319. The average Bonchev–Trinajstić information content (AvgIpc) is 1.89. The molecule has 0 saturated carbocycles. The van der Waals surface area contributed by atoms with Crippen LogP contribution < -0.4 is 16.8 Å². The first-order chi connectivity index (χ1) is 4.34. The number of hydrogen-bond acceptors (Lipinski definition) is 4. The minimum absolute atomic E-state index is 0.123. The van der Waals surface area contributed by atoms with Gasteiger partial charge in [-0.15, -0.1) is 0 Å². The summed E-state index contributed by atoms with van der Waals surface area (Å²) in [5.74, 6) is 5.04. The number of H-pyrrole nitrogens is 1. The number of hydrazine groups is 1. The van der Waals surface area contributed by atoms with Crippen LogP contribution in [-0.2, 0) is 0 Å². The quantitative estimate of drug-likeness (QED) is 0.335. The highest BCUT2D eigenvalue weighted by atomic mass is 16.1. The molecule has 0 aliphatic heterocycles. The van der Waals surface area contributed by atoms with Gasteiger partial charge in [0.25, 0.3) is 5.56 Å². The van der Waals surface area contributed by atoms with Crippen LogP contribution in [0.25, 0.3) is 0 Å². The van der Waals surface area contributed by atoms with Gasteiger partial charge in [-0.1, -0.05) is 0 Å². The lowest BCUT2D eigenvalue weighted by molar-refractivity contribution is 1.11. The Morgan fingerprint density at radius 2 is 2.56 bits per heavy atom. The van der Waals surface area contributed by atoms with Gasteiger partial charge in [-0.3, -0.25) is 4.79 Å². The summed E-state index contributed by atoms with van der Waals surface area (Å²) in [4.78, 5) is 16.6. The van der Waals surface area contributed by atoms with Crippen molar-refractivity contribution in [1.82, 2.24) is 9.97 Å². The summed E-state index contributed by atoms with van der Waals surface area (Å²) in [6.45, 7) is 0. The number of nitrogens with one attached hydrogen (secondary N) is 2. The number of nitrogens with zero attached hydrogens (tertiary/aromatic N) is 1. The summed E-state index contributed by atoms with van der Waals surface area (Å²) in [6, 6.07) is 0. The Labute approximate surface area is 50.9 Å².